The molecule has 1 unspecified atom stereocenters. The Morgan fingerprint density at radius 3 is 2.62 bits per heavy atom. The van der Waals surface area contributed by atoms with Gasteiger partial charge in [-0.2, -0.15) is 0 Å². The van der Waals surface area contributed by atoms with Crippen molar-refractivity contribution in [1.29, 1.82) is 0 Å². The van der Waals surface area contributed by atoms with Gasteiger partial charge >= 0.3 is 0 Å². The van der Waals surface area contributed by atoms with Crippen molar-refractivity contribution in [2.45, 2.75) is 25.8 Å². The monoisotopic (exact) mass is 448 g/mol. The van der Waals surface area contributed by atoms with Gasteiger partial charge in [0.2, 0.25) is 10.9 Å². The van der Waals surface area contributed by atoms with E-state index in [1.807, 2.05) is 13.8 Å². The molecule has 0 aliphatic carbocycles. The minimum Gasteiger partial charge on any atom is -0.450 e. The van der Waals surface area contributed by atoms with E-state index < -0.39 is 16.9 Å². The standard InChI is InChI=1S/C22H16N4O5S/c1-11(2)20-23-24-22(32-20)25-17(12-6-5-7-13(10-12)26(29)30)16-18(27)14-8-3-4-9-15(14)31-19(16)21(25)28/h3-11,17H,1-2H3. The Labute approximate surface area is 185 Å². The fourth-order valence-corrected chi connectivity index (χ4v) is 4.67. The Morgan fingerprint density at radius 1 is 1.12 bits per heavy atom. The number of hydrogen-bond acceptors (Lipinski definition) is 8. The molecule has 0 fully saturated rings. The van der Waals surface area contributed by atoms with Gasteiger partial charge in [-0.3, -0.25) is 24.6 Å². The third-order valence-corrected chi connectivity index (χ3v) is 6.53. The summed E-state index contributed by atoms with van der Waals surface area (Å²) in [6, 6.07) is 11.6. The second-order valence-electron chi connectivity index (χ2n) is 7.68. The molecule has 0 saturated heterocycles. The molecule has 9 nitrogen and oxygen atoms in total. The molecular weight excluding hydrogens is 432 g/mol. The molecule has 0 N–H and O–H groups in total. The van der Waals surface area contributed by atoms with Crippen LogP contribution in [0, 0.1) is 10.1 Å². The van der Waals surface area contributed by atoms with Crippen molar-refractivity contribution in [3.8, 4) is 0 Å². The summed E-state index contributed by atoms with van der Waals surface area (Å²) in [6.07, 6.45) is 0. The molecule has 0 saturated carbocycles. The molecule has 5 rings (SSSR count). The summed E-state index contributed by atoms with van der Waals surface area (Å²) < 4.78 is 5.86. The SMILES string of the molecule is CC(C)c1nnc(N2C(=O)c3oc4ccccc4c(=O)c3C2c2cccc([N+](=O)[O-])c2)s1. The Morgan fingerprint density at radius 2 is 1.91 bits per heavy atom. The number of para-hydroxylation sites is 1. The van der Waals surface area contributed by atoms with Gasteiger partial charge in [0.1, 0.15) is 10.6 Å². The highest BCUT2D eigenvalue weighted by molar-refractivity contribution is 7.15. The van der Waals surface area contributed by atoms with Crippen molar-refractivity contribution in [1.82, 2.24) is 10.2 Å². The first-order valence-corrected chi connectivity index (χ1v) is 10.7. The zero-order valence-electron chi connectivity index (χ0n) is 17.0. The zero-order valence-corrected chi connectivity index (χ0v) is 17.8. The van der Waals surface area contributed by atoms with E-state index in [9.17, 15) is 19.7 Å². The number of fused-ring (bicyclic) bond motifs is 2. The van der Waals surface area contributed by atoms with Crippen LogP contribution in [0.25, 0.3) is 11.0 Å². The van der Waals surface area contributed by atoms with E-state index in [0.29, 0.717) is 21.7 Å². The highest BCUT2D eigenvalue weighted by Crippen LogP contribution is 2.43. The van der Waals surface area contributed by atoms with Gasteiger partial charge in [0.05, 0.1) is 21.9 Å². The molecular formula is C22H16N4O5S. The van der Waals surface area contributed by atoms with Crippen molar-refractivity contribution in [3.05, 3.63) is 90.8 Å². The molecule has 2 aromatic carbocycles. The lowest BCUT2D eigenvalue weighted by molar-refractivity contribution is -0.384. The second kappa shape index (κ2) is 7.34. The molecule has 3 heterocycles. The molecule has 1 aliphatic heterocycles. The predicted octanol–water partition coefficient (Wildman–Crippen LogP) is 4.43. The summed E-state index contributed by atoms with van der Waals surface area (Å²) >= 11 is 1.24. The van der Waals surface area contributed by atoms with Crippen molar-refractivity contribution in [2.24, 2.45) is 0 Å². The number of aromatic nitrogens is 2. The van der Waals surface area contributed by atoms with Gasteiger partial charge in [-0.25, -0.2) is 0 Å². The van der Waals surface area contributed by atoms with Gasteiger partial charge in [-0.1, -0.05) is 49.4 Å². The van der Waals surface area contributed by atoms with Crippen molar-refractivity contribution < 1.29 is 14.1 Å². The molecule has 1 aliphatic rings. The average Bonchev–Trinajstić information content (AvgIpc) is 3.38. The lowest BCUT2D eigenvalue weighted by Crippen LogP contribution is -2.29. The lowest BCUT2D eigenvalue weighted by Gasteiger charge is -2.21. The first-order chi connectivity index (χ1) is 15.4. The fourth-order valence-electron chi connectivity index (χ4n) is 3.80. The third kappa shape index (κ3) is 2.99. The highest BCUT2D eigenvalue weighted by atomic mass is 32.1. The first kappa shape index (κ1) is 20.0. The maximum atomic E-state index is 13.5. The normalized spacial score (nSPS) is 15.5. The largest absolute Gasteiger partial charge is 0.450 e. The Kier molecular flexibility index (Phi) is 4.59. The third-order valence-electron chi connectivity index (χ3n) is 5.30. The Bertz CT molecular complexity index is 1460. The topological polar surface area (TPSA) is 119 Å². The van der Waals surface area contributed by atoms with Crippen molar-refractivity contribution in [3.63, 3.8) is 0 Å². The van der Waals surface area contributed by atoms with Crippen LogP contribution < -0.4 is 10.3 Å². The second-order valence-corrected chi connectivity index (χ2v) is 8.67. The maximum Gasteiger partial charge on any atom is 0.297 e. The van der Waals surface area contributed by atoms with Crippen LogP contribution in [0.2, 0.25) is 0 Å². The minimum absolute atomic E-state index is 0.0912. The number of anilines is 1. The summed E-state index contributed by atoms with van der Waals surface area (Å²) in [6.45, 7) is 3.92. The van der Waals surface area contributed by atoms with E-state index >= 15 is 0 Å². The van der Waals surface area contributed by atoms with Crippen LogP contribution in [-0.4, -0.2) is 21.0 Å². The number of carbonyl (C=O) groups is 1. The molecule has 4 aromatic rings. The van der Waals surface area contributed by atoms with E-state index in [1.165, 1.54) is 34.4 Å². The zero-order chi connectivity index (χ0) is 22.6. The molecule has 0 spiro atoms. The molecule has 2 aromatic heterocycles. The smallest absolute Gasteiger partial charge is 0.297 e. The molecule has 160 valence electrons. The molecule has 0 bridgehead atoms. The van der Waals surface area contributed by atoms with Crippen molar-refractivity contribution >= 4 is 39.0 Å². The predicted molar refractivity (Wildman–Crippen MR) is 118 cm³/mol. The number of benzene rings is 2. The first-order valence-electron chi connectivity index (χ1n) is 9.84. The lowest BCUT2D eigenvalue weighted by atomic mass is 9.98. The average molecular weight is 448 g/mol. The Balaban J connectivity index is 1.79. The number of carbonyl (C=O) groups excluding carboxylic acids is 1. The van der Waals surface area contributed by atoms with Gasteiger partial charge in [0.15, 0.2) is 5.43 Å². The van der Waals surface area contributed by atoms with Crippen molar-refractivity contribution in [2.75, 3.05) is 4.90 Å². The van der Waals surface area contributed by atoms with E-state index in [4.69, 9.17) is 4.42 Å². The fraction of sp³-hybridized carbons (Fsp3) is 0.182. The Hall–Kier alpha value is -3.92. The molecule has 32 heavy (non-hydrogen) atoms. The number of nitro benzene ring substituents is 1. The number of amides is 1. The number of nitrogens with zero attached hydrogens (tertiary/aromatic N) is 4. The van der Waals surface area contributed by atoms with Gasteiger partial charge < -0.3 is 4.42 Å². The number of hydrogen-bond donors (Lipinski definition) is 0. The molecule has 1 atom stereocenters. The number of non-ortho nitro benzene ring substituents is 1. The number of rotatable bonds is 4. The van der Waals surface area contributed by atoms with Crippen LogP contribution in [0.1, 0.15) is 52.5 Å². The van der Waals surface area contributed by atoms with Crippen LogP contribution >= 0.6 is 11.3 Å². The van der Waals surface area contributed by atoms with Crippen LogP contribution in [0.4, 0.5) is 10.8 Å². The van der Waals surface area contributed by atoms with E-state index in [-0.39, 0.29) is 28.4 Å². The number of nitro groups is 1. The van der Waals surface area contributed by atoms with Crippen LogP contribution in [0.5, 0.6) is 0 Å². The highest BCUT2D eigenvalue weighted by Gasteiger charge is 2.45. The van der Waals surface area contributed by atoms with Gasteiger partial charge in [0, 0.05) is 18.1 Å². The van der Waals surface area contributed by atoms with Crippen LogP contribution in [0.15, 0.2) is 57.7 Å². The molecule has 0 radical (unpaired) electrons. The molecule has 1 amide bonds. The van der Waals surface area contributed by atoms with E-state index in [0.717, 1.165) is 5.01 Å². The summed E-state index contributed by atoms with van der Waals surface area (Å²) in [5.41, 5.74) is 0.339. The van der Waals surface area contributed by atoms with Crippen LogP contribution in [-0.2, 0) is 0 Å². The summed E-state index contributed by atoms with van der Waals surface area (Å²) in [5, 5.41) is 21.1. The minimum atomic E-state index is -0.925. The van der Waals surface area contributed by atoms with Gasteiger partial charge in [-0.15, -0.1) is 10.2 Å². The molecule has 10 heteroatoms. The maximum absolute atomic E-state index is 13.5. The quantitative estimate of drug-likeness (QED) is 0.335. The van der Waals surface area contributed by atoms with Gasteiger partial charge in [0.25, 0.3) is 11.6 Å². The summed E-state index contributed by atoms with van der Waals surface area (Å²) in [5.74, 6) is -0.530. The van der Waals surface area contributed by atoms with Gasteiger partial charge in [-0.05, 0) is 17.7 Å². The van der Waals surface area contributed by atoms with E-state index in [1.54, 1.807) is 30.3 Å². The van der Waals surface area contributed by atoms with Crippen LogP contribution in [0.3, 0.4) is 0 Å². The van der Waals surface area contributed by atoms with E-state index in [2.05, 4.69) is 10.2 Å². The summed E-state index contributed by atoms with van der Waals surface area (Å²) in [4.78, 5) is 39.1. The summed E-state index contributed by atoms with van der Waals surface area (Å²) in [7, 11) is 0.